The van der Waals surface area contributed by atoms with Gasteiger partial charge in [0.25, 0.3) is 0 Å². The third-order valence-corrected chi connectivity index (χ3v) is 3.19. The highest BCUT2D eigenvalue weighted by Gasteiger charge is 2.28. The molecule has 1 fully saturated rings. The summed E-state index contributed by atoms with van der Waals surface area (Å²) in [5.41, 5.74) is 0.472. The molecule has 2 rings (SSSR count). The minimum atomic E-state index is -0.495. The molecule has 1 heterocycles. The maximum absolute atomic E-state index is 10.3. The van der Waals surface area contributed by atoms with E-state index in [0.717, 1.165) is 31.4 Å². The van der Waals surface area contributed by atoms with Gasteiger partial charge in [0, 0.05) is 19.3 Å². The number of aromatic nitrogens is 2. The Morgan fingerprint density at radius 2 is 2.12 bits per heavy atom. The SMILES string of the molecule is OC1(CNCc2ccncn2)CCCCC1. The third-order valence-electron chi connectivity index (χ3n) is 3.19. The lowest BCUT2D eigenvalue weighted by atomic mass is 9.85. The number of nitrogens with zero attached hydrogens (tertiary/aromatic N) is 2. The van der Waals surface area contributed by atoms with Gasteiger partial charge in [0.1, 0.15) is 6.33 Å². The minimum absolute atomic E-state index is 0.495. The average Bonchev–Trinajstić information content (AvgIpc) is 2.31. The van der Waals surface area contributed by atoms with E-state index in [1.165, 1.54) is 6.42 Å². The Balaban J connectivity index is 1.75. The van der Waals surface area contributed by atoms with Crippen LogP contribution < -0.4 is 5.32 Å². The van der Waals surface area contributed by atoms with Gasteiger partial charge in [0.15, 0.2) is 0 Å². The highest BCUT2D eigenvalue weighted by atomic mass is 16.3. The third kappa shape index (κ3) is 3.25. The van der Waals surface area contributed by atoms with Gasteiger partial charge in [-0.25, -0.2) is 9.97 Å². The molecule has 88 valence electrons. The molecule has 0 bridgehead atoms. The van der Waals surface area contributed by atoms with Gasteiger partial charge in [-0.2, -0.15) is 0 Å². The van der Waals surface area contributed by atoms with E-state index in [1.54, 1.807) is 12.5 Å². The quantitative estimate of drug-likeness (QED) is 0.803. The Hall–Kier alpha value is -1.00. The molecule has 1 saturated carbocycles. The van der Waals surface area contributed by atoms with Crippen molar-refractivity contribution in [2.24, 2.45) is 0 Å². The summed E-state index contributed by atoms with van der Waals surface area (Å²) in [7, 11) is 0. The first-order valence-electron chi connectivity index (χ1n) is 5.97. The molecule has 0 radical (unpaired) electrons. The van der Waals surface area contributed by atoms with Crippen molar-refractivity contribution in [2.45, 2.75) is 44.2 Å². The molecule has 0 unspecified atom stereocenters. The van der Waals surface area contributed by atoms with Crippen molar-refractivity contribution in [2.75, 3.05) is 6.54 Å². The lowest BCUT2D eigenvalue weighted by Crippen LogP contribution is -2.41. The molecule has 0 atom stereocenters. The summed E-state index contributed by atoms with van der Waals surface area (Å²) < 4.78 is 0. The van der Waals surface area contributed by atoms with E-state index in [0.29, 0.717) is 13.1 Å². The van der Waals surface area contributed by atoms with Crippen LogP contribution in [0, 0.1) is 0 Å². The van der Waals surface area contributed by atoms with E-state index in [4.69, 9.17) is 0 Å². The van der Waals surface area contributed by atoms with Crippen LogP contribution >= 0.6 is 0 Å². The van der Waals surface area contributed by atoms with Gasteiger partial charge in [0.05, 0.1) is 11.3 Å². The van der Waals surface area contributed by atoms with E-state index >= 15 is 0 Å². The second-order valence-corrected chi connectivity index (χ2v) is 4.59. The number of nitrogens with one attached hydrogen (secondary N) is 1. The maximum Gasteiger partial charge on any atom is 0.115 e. The average molecular weight is 221 g/mol. The molecule has 1 aliphatic carbocycles. The van der Waals surface area contributed by atoms with Crippen molar-refractivity contribution >= 4 is 0 Å². The summed E-state index contributed by atoms with van der Waals surface area (Å²) in [5, 5.41) is 13.5. The van der Waals surface area contributed by atoms with Crippen LogP contribution in [0.4, 0.5) is 0 Å². The van der Waals surface area contributed by atoms with Gasteiger partial charge in [-0.15, -0.1) is 0 Å². The summed E-state index contributed by atoms with van der Waals surface area (Å²) in [6.45, 7) is 1.36. The fourth-order valence-electron chi connectivity index (χ4n) is 2.23. The second-order valence-electron chi connectivity index (χ2n) is 4.59. The molecule has 0 aliphatic heterocycles. The second kappa shape index (κ2) is 5.37. The Morgan fingerprint density at radius 1 is 1.31 bits per heavy atom. The van der Waals surface area contributed by atoms with Gasteiger partial charge in [-0.3, -0.25) is 0 Å². The van der Waals surface area contributed by atoms with Crippen molar-refractivity contribution in [3.8, 4) is 0 Å². The van der Waals surface area contributed by atoms with Gasteiger partial charge in [-0.1, -0.05) is 19.3 Å². The van der Waals surface area contributed by atoms with Crippen LogP contribution in [0.3, 0.4) is 0 Å². The van der Waals surface area contributed by atoms with Gasteiger partial charge >= 0.3 is 0 Å². The first-order chi connectivity index (χ1) is 7.79. The molecule has 1 aromatic rings. The molecule has 2 N–H and O–H groups in total. The monoisotopic (exact) mass is 221 g/mol. The van der Waals surface area contributed by atoms with Crippen LogP contribution in [-0.4, -0.2) is 27.2 Å². The van der Waals surface area contributed by atoms with Gasteiger partial charge in [0.2, 0.25) is 0 Å². The van der Waals surface area contributed by atoms with E-state index in [2.05, 4.69) is 15.3 Å². The van der Waals surface area contributed by atoms with E-state index in [9.17, 15) is 5.11 Å². The Morgan fingerprint density at radius 3 is 2.81 bits per heavy atom. The molecule has 4 nitrogen and oxygen atoms in total. The van der Waals surface area contributed by atoms with Crippen LogP contribution in [0.1, 0.15) is 37.8 Å². The van der Waals surface area contributed by atoms with Crippen molar-refractivity contribution in [3.63, 3.8) is 0 Å². The standard InChI is InChI=1S/C12H19N3O/c16-12(5-2-1-3-6-12)9-14-8-11-4-7-13-10-15-11/h4,7,10,14,16H,1-3,5-6,8-9H2. The summed E-state index contributed by atoms with van der Waals surface area (Å²) in [5.74, 6) is 0. The molecule has 0 spiro atoms. The Bertz CT molecular complexity index is 309. The number of rotatable bonds is 4. The summed E-state index contributed by atoms with van der Waals surface area (Å²) in [4.78, 5) is 8.00. The largest absolute Gasteiger partial charge is 0.389 e. The molecule has 4 heteroatoms. The molecule has 1 aliphatic rings. The van der Waals surface area contributed by atoms with Gasteiger partial charge < -0.3 is 10.4 Å². The molecule has 16 heavy (non-hydrogen) atoms. The van der Waals surface area contributed by atoms with Crippen LogP contribution in [-0.2, 0) is 6.54 Å². The first kappa shape index (κ1) is 11.5. The topological polar surface area (TPSA) is 58.0 Å². The molecule has 0 aromatic carbocycles. The molecule has 1 aromatic heterocycles. The fraction of sp³-hybridized carbons (Fsp3) is 0.667. The van der Waals surface area contributed by atoms with Crippen LogP contribution in [0.5, 0.6) is 0 Å². The predicted octanol–water partition coefficient (Wildman–Crippen LogP) is 1.26. The molecular formula is C12H19N3O. The number of hydrogen-bond donors (Lipinski definition) is 2. The van der Waals surface area contributed by atoms with E-state index in [1.807, 2.05) is 6.07 Å². The minimum Gasteiger partial charge on any atom is -0.389 e. The van der Waals surface area contributed by atoms with Gasteiger partial charge in [-0.05, 0) is 18.9 Å². The van der Waals surface area contributed by atoms with Crippen LogP contribution in [0.2, 0.25) is 0 Å². The maximum atomic E-state index is 10.3. The number of hydrogen-bond acceptors (Lipinski definition) is 4. The number of aliphatic hydroxyl groups is 1. The van der Waals surface area contributed by atoms with Crippen molar-refractivity contribution in [1.29, 1.82) is 0 Å². The smallest absolute Gasteiger partial charge is 0.115 e. The highest BCUT2D eigenvalue weighted by Crippen LogP contribution is 2.27. The summed E-state index contributed by atoms with van der Waals surface area (Å²) >= 11 is 0. The highest BCUT2D eigenvalue weighted by molar-refractivity contribution is 4.97. The van der Waals surface area contributed by atoms with E-state index in [-0.39, 0.29) is 0 Å². The lowest BCUT2D eigenvalue weighted by Gasteiger charge is -2.32. The zero-order chi connectivity index (χ0) is 11.3. The normalized spacial score (nSPS) is 19.6. The predicted molar refractivity (Wildman–Crippen MR) is 61.8 cm³/mol. The zero-order valence-corrected chi connectivity index (χ0v) is 9.52. The Kier molecular flexibility index (Phi) is 3.85. The van der Waals surface area contributed by atoms with Crippen LogP contribution in [0.25, 0.3) is 0 Å². The van der Waals surface area contributed by atoms with Crippen molar-refractivity contribution in [3.05, 3.63) is 24.3 Å². The molecule has 0 amide bonds. The lowest BCUT2D eigenvalue weighted by molar-refractivity contribution is 0.00462. The van der Waals surface area contributed by atoms with Crippen molar-refractivity contribution in [1.82, 2.24) is 15.3 Å². The first-order valence-corrected chi connectivity index (χ1v) is 5.97. The van der Waals surface area contributed by atoms with Crippen LogP contribution in [0.15, 0.2) is 18.6 Å². The summed E-state index contributed by atoms with van der Waals surface area (Å²) in [6, 6.07) is 1.89. The molecular weight excluding hydrogens is 202 g/mol. The van der Waals surface area contributed by atoms with Crippen molar-refractivity contribution < 1.29 is 5.11 Å². The molecule has 0 saturated heterocycles. The zero-order valence-electron chi connectivity index (χ0n) is 9.52. The fourth-order valence-corrected chi connectivity index (χ4v) is 2.23. The summed E-state index contributed by atoms with van der Waals surface area (Å²) in [6.07, 6.45) is 8.67. The Labute approximate surface area is 96.1 Å². The van der Waals surface area contributed by atoms with E-state index < -0.39 is 5.60 Å².